The summed E-state index contributed by atoms with van der Waals surface area (Å²) in [6.07, 6.45) is -1.58. The van der Waals surface area contributed by atoms with Gasteiger partial charge in [0.05, 0.1) is 6.61 Å². The van der Waals surface area contributed by atoms with Crippen molar-refractivity contribution in [2.45, 2.75) is 30.7 Å². The highest BCUT2D eigenvalue weighted by Gasteiger charge is 2.47. The molecule has 6 nitrogen and oxygen atoms in total. The van der Waals surface area contributed by atoms with E-state index < -0.39 is 6.29 Å². The molecule has 6 heteroatoms. The van der Waals surface area contributed by atoms with E-state index in [1.165, 1.54) is 0 Å². The summed E-state index contributed by atoms with van der Waals surface area (Å²) in [5.74, 6) is 0. The van der Waals surface area contributed by atoms with Crippen LogP contribution >= 0.6 is 0 Å². The zero-order chi connectivity index (χ0) is 12.8. The Bertz CT molecular complexity index is 212. The van der Waals surface area contributed by atoms with Crippen LogP contribution in [0.4, 0.5) is 0 Å². The molecule has 0 radical (unpaired) electrons. The average molecular weight is 250 g/mol. The Morgan fingerprint density at radius 2 is 1.35 bits per heavy atom. The number of ether oxygens (including phenoxy) is 6. The number of rotatable bonds is 6. The molecule has 1 saturated heterocycles. The van der Waals surface area contributed by atoms with Crippen molar-refractivity contribution >= 4 is 0 Å². The first-order valence-electron chi connectivity index (χ1n) is 5.49. The van der Waals surface area contributed by atoms with Crippen molar-refractivity contribution in [3.05, 3.63) is 0 Å². The topological polar surface area (TPSA) is 55.4 Å². The molecule has 17 heavy (non-hydrogen) atoms. The molecule has 0 spiro atoms. The van der Waals surface area contributed by atoms with Crippen LogP contribution in [-0.2, 0) is 28.4 Å². The summed E-state index contributed by atoms with van der Waals surface area (Å²) in [5, 5.41) is 0. The van der Waals surface area contributed by atoms with E-state index in [1.54, 1.807) is 35.5 Å². The van der Waals surface area contributed by atoms with Crippen molar-refractivity contribution in [2.75, 3.05) is 42.2 Å². The third-order valence-electron chi connectivity index (χ3n) is 2.97. The van der Waals surface area contributed by atoms with Crippen LogP contribution in [0.15, 0.2) is 0 Å². The van der Waals surface area contributed by atoms with E-state index in [9.17, 15) is 0 Å². The lowest BCUT2D eigenvalue weighted by Crippen LogP contribution is -2.61. The van der Waals surface area contributed by atoms with Gasteiger partial charge in [-0.3, -0.25) is 0 Å². The minimum absolute atomic E-state index is 0.244. The molecule has 1 fully saturated rings. The van der Waals surface area contributed by atoms with E-state index in [-0.39, 0.29) is 24.4 Å². The second-order valence-corrected chi connectivity index (χ2v) is 3.83. The molecular weight excluding hydrogens is 228 g/mol. The maximum atomic E-state index is 5.74. The fourth-order valence-electron chi connectivity index (χ4n) is 2.17. The van der Waals surface area contributed by atoms with Crippen LogP contribution in [0.5, 0.6) is 0 Å². The summed E-state index contributed by atoms with van der Waals surface area (Å²) in [6, 6.07) is 0. The van der Waals surface area contributed by atoms with Crippen LogP contribution in [0, 0.1) is 0 Å². The van der Waals surface area contributed by atoms with Crippen LogP contribution in [0.3, 0.4) is 0 Å². The van der Waals surface area contributed by atoms with Gasteiger partial charge in [0.15, 0.2) is 6.29 Å². The molecule has 0 N–H and O–H groups in total. The van der Waals surface area contributed by atoms with Crippen molar-refractivity contribution in [1.82, 2.24) is 0 Å². The van der Waals surface area contributed by atoms with E-state index in [0.717, 1.165) is 0 Å². The van der Waals surface area contributed by atoms with E-state index in [4.69, 9.17) is 28.4 Å². The number of methoxy groups -OCH3 is 5. The monoisotopic (exact) mass is 250 g/mol. The Labute approximate surface area is 102 Å². The SMILES string of the molecule is COC[C@@H]1O[C@@H](OC)[C@@H](OC)[C@@H](OC)[C@@H]1OC. The molecule has 0 bridgehead atoms. The first kappa shape index (κ1) is 14.8. The van der Waals surface area contributed by atoms with Crippen molar-refractivity contribution in [3.63, 3.8) is 0 Å². The van der Waals surface area contributed by atoms with Gasteiger partial charge >= 0.3 is 0 Å². The van der Waals surface area contributed by atoms with Crippen molar-refractivity contribution in [1.29, 1.82) is 0 Å². The smallest absolute Gasteiger partial charge is 0.186 e. The second kappa shape index (κ2) is 7.25. The van der Waals surface area contributed by atoms with Gasteiger partial charge in [-0.15, -0.1) is 0 Å². The molecule has 5 atom stereocenters. The molecule has 0 aliphatic carbocycles. The molecular formula is C11H22O6. The molecule has 0 aromatic rings. The van der Waals surface area contributed by atoms with Crippen LogP contribution < -0.4 is 0 Å². The summed E-state index contributed by atoms with van der Waals surface area (Å²) < 4.78 is 32.3. The van der Waals surface area contributed by atoms with Crippen LogP contribution in [-0.4, -0.2) is 72.9 Å². The van der Waals surface area contributed by atoms with E-state index in [2.05, 4.69) is 0 Å². The van der Waals surface area contributed by atoms with E-state index in [1.807, 2.05) is 0 Å². The van der Waals surface area contributed by atoms with Crippen LogP contribution in [0.2, 0.25) is 0 Å². The third kappa shape index (κ3) is 3.15. The van der Waals surface area contributed by atoms with Gasteiger partial charge in [-0.1, -0.05) is 0 Å². The maximum absolute atomic E-state index is 5.74. The van der Waals surface area contributed by atoms with Gasteiger partial charge in [-0.25, -0.2) is 0 Å². The summed E-state index contributed by atoms with van der Waals surface area (Å²) in [7, 11) is 8.01. The molecule has 1 rings (SSSR count). The molecule has 1 aliphatic heterocycles. The molecule has 0 amide bonds. The van der Waals surface area contributed by atoms with Gasteiger partial charge in [0, 0.05) is 35.5 Å². The minimum atomic E-state index is -0.489. The fourth-order valence-corrected chi connectivity index (χ4v) is 2.17. The third-order valence-corrected chi connectivity index (χ3v) is 2.97. The summed E-state index contributed by atoms with van der Waals surface area (Å²) >= 11 is 0. The Morgan fingerprint density at radius 1 is 0.765 bits per heavy atom. The van der Waals surface area contributed by atoms with Gasteiger partial charge in [0.2, 0.25) is 0 Å². The summed E-state index contributed by atoms with van der Waals surface area (Å²) in [4.78, 5) is 0. The van der Waals surface area contributed by atoms with Gasteiger partial charge < -0.3 is 28.4 Å². The van der Waals surface area contributed by atoms with E-state index in [0.29, 0.717) is 6.61 Å². The summed E-state index contributed by atoms with van der Waals surface area (Å²) in [6.45, 7) is 0.411. The predicted octanol–water partition coefficient (Wildman–Crippen LogP) is 0.0491. The van der Waals surface area contributed by atoms with Crippen molar-refractivity contribution < 1.29 is 28.4 Å². The normalized spacial score (nSPS) is 38.3. The average Bonchev–Trinajstić information content (AvgIpc) is 2.37. The lowest BCUT2D eigenvalue weighted by molar-refractivity contribution is -0.307. The first-order valence-corrected chi connectivity index (χ1v) is 5.49. The van der Waals surface area contributed by atoms with Gasteiger partial charge in [-0.2, -0.15) is 0 Å². The van der Waals surface area contributed by atoms with Crippen molar-refractivity contribution in [3.8, 4) is 0 Å². The lowest BCUT2D eigenvalue weighted by atomic mass is 9.98. The number of hydrogen-bond donors (Lipinski definition) is 0. The van der Waals surface area contributed by atoms with Crippen molar-refractivity contribution in [2.24, 2.45) is 0 Å². The zero-order valence-electron chi connectivity index (χ0n) is 11.0. The standard InChI is InChI=1S/C11H22O6/c1-12-6-7-8(13-2)9(14-3)10(15-4)11(16-5)17-7/h7-11H,6H2,1-5H3/t7-,8+,9-,10-,11+/m0/s1. The molecule has 1 aliphatic rings. The maximum Gasteiger partial charge on any atom is 0.186 e. The first-order chi connectivity index (χ1) is 8.23. The summed E-state index contributed by atoms with van der Waals surface area (Å²) in [5.41, 5.74) is 0. The molecule has 1 heterocycles. The van der Waals surface area contributed by atoms with Crippen LogP contribution in [0.1, 0.15) is 0 Å². The molecule has 0 saturated carbocycles. The molecule has 0 aromatic heterocycles. The Kier molecular flexibility index (Phi) is 6.32. The van der Waals surface area contributed by atoms with Crippen LogP contribution in [0.25, 0.3) is 0 Å². The predicted molar refractivity (Wildman–Crippen MR) is 59.9 cm³/mol. The van der Waals surface area contributed by atoms with Gasteiger partial charge in [-0.05, 0) is 0 Å². The Hall–Kier alpha value is -0.240. The zero-order valence-corrected chi connectivity index (χ0v) is 11.0. The highest BCUT2D eigenvalue weighted by atomic mass is 16.7. The second-order valence-electron chi connectivity index (χ2n) is 3.83. The highest BCUT2D eigenvalue weighted by molar-refractivity contribution is 4.92. The highest BCUT2D eigenvalue weighted by Crippen LogP contribution is 2.27. The van der Waals surface area contributed by atoms with Gasteiger partial charge in [0.25, 0.3) is 0 Å². The Balaban J connectivity index is 2.84. The number of hydrogen-bond acceptors (Lipinski definition) is 6. The molecule has 0 unspecified atom stereocenters. The quantitative estimate of drug-likeness (QED) is 0.664. The largest absolute Gasteiger partial charge is 0.382 e. The molecule has 0 aromatic carbocycles. The minimum Gasteiger partial charge on any atom is -0.382 e. The fraction of sp³-hybridized carbons (Fsp3) is 1.00. The van der Waals surface area contributed by atoms with Gasteiger partial charge in [0.1, 0.15) is 24.4 Å². The lowest BCUT2D eigenvalue weighted by Gasteiger charge is -2.44. The van der Waals surface area contributed by atoms with E-state index >= 15 is 0 Å². The molecule has 102 valence electrons. The Morgan fingerprint density at radius 3 is 1.76 bits per heavy atom.